The summed E-state index contributed by atoms with van der Waals surface area (Å²) in [4.78, 5) is 38.7. The number of hydrogen-bond donors (Lipinski definition) is 3. The molecule has 2 rings (SSSR count). The summed E-state index contributed by atoms with van der Waals surface area (Å²) in [7, 11) is 0. The van der Waals surface area contributed by atoms with Crippen LogP contribution in [0.2, 0.25) is 0 Å². The van der Waals surface area contributed by atoms with E-state index in [2.05, 4.69) is 10.6 Å². The van der Waals surface area contributed by atoms with Gasteiger partial charge in [-0.1, -0.05) is 0 Å². The van der Waals surface area contributed by atoms with Crippen molar-refractivity contribution in [3.8, 4) is 0 Å². The molecular weight excluding hydrogens is 312 g/mol. The third kappa shape index (κ3) is 4.58. The second kappa shape index (κ2) is 7.96. The lowest BCUT2D eigenvalue weighted by Crippen LogP contribution is -3.19. The Labute approximate surface area is 141 Å². The summed E-state index contributed by atoms with van der Waals surface area (Å²) < 4.78 is 5.13. The first-order valence-corrected chi connectivity index (χ1v) is 8.17. The number of rotatable bonds is 4. The van der Waals surface area contributed by atoms with E-state index < -0.39 is 6.03 Å². The van der Waals surface area contributed by atoms with Crippen LogP contribution in [0.15, 0.2) is 22.8 Å². The van der Waals surface area contributed by atoms with E-state index in [4.69, 9.17) is 4.42 Å². The Hall–Kier alpha value is -2.35. The first-order chi connectivity index (χ1) is 11.4. The molecule has 1 atom stereocenters. The molecule has 8 heteroatoms. The molecule has 1 aromatic heterocycles. The zero-order chi connectivity index (χ0) is 17.7. The molecule has 4 amide bonds. The number of amides is 4. The summed E-state index contributed by atoms with van der Waals surface area (Å²) in [5, 5.41) is 4.98. The highest BCUT2D eigenvalue weighted by atomic mass is 16.3. The molecule has 0 aromatic carbocycles. The van der Waals surface area contributed by atoms with Gasteiger partial charge in [-0.05, 0) is 32.9 Å². The van der Waals surface area contributed by atoms with Crippen LogP contribution in [-0.2, 0) is 4.79 Å². The van der Waals surface area contributed by atoms with E-state index >= 15 is 0 Å². The first kappa shape index (κ1) is 18.0. The molecule has 3 N–H and O–H groups in total. The summed E-state index contributed by atoms with van der Waals surface area (Å²) >= 11 is 0. The van der Waals surface area contributed by atoms with Gasteiger partial charge >= 0.3 is 6.03 Å². The summed E-state index contributed by atoms with van der Waals surface area (Å²) in [6.07, 6.45) is 1.48. The maximum Gasteiger partial charge on any atom is 0.321 e. The Balaban J connectivity index is 1.81. The molecule has 0 saturated carbocycles. The number of carbonyl (C=O) groups is 3. The Kier molecular flexibility index (Phi) is 5.97. The number of nitrogens with one attached hydrogen (secondary N) is 3. The van der Waals surface area contributed by atoms with Gasteiger partial charge in [0.25, 0.3) is 11.8 Å². The van der Waals surface area contributed by atoms with E-state index in [9.17, 15) is 14.4 Å². The first-order valence-electron chi connectivity index (χ1n) is 8.17. The highest BCUT2D eigenvalue weighted by molar-refractivity contribution is 5.96. The van der Waals surface area contributed by atoms with Crippen molar-refractivity contribution in [2.24, 2.45) is 0 Å². The number of urea groups is 1. The number of nitrogens with zero attached hydrogens (tertiary/aromatic N) is 1. The van der Waals surface area contributed by atoms with E-state index in [0.717, 1.165) is 4.90 Å². The SMILES string of the molecule is CC(C)NC(=O)NC(=O)[C@@H](C)[NH+]1CCN(C(=O)c2ccco2)CC1. The lowest BCUT2D eigenvalue weighted by molar-refractivity contribution is -0.917. The number of piperazine rings is 1. The van der Waals surface area contributed by atoms with E-state index in [1.807, 2.05) is 13.8 Å². The number of carbonyl (C=O) groups excluding carboxylic acids is 3. The maximum absolute atomic E-state index is 12.2. The van der Waals surface area contributed by atoms with Gasteiger partial charge in [0.05, 0.1) is 32.4 Å². The number of furan rings is 1. The van der Waals surface area contributed by atoms with Crippen molar-refractivity contribution in [2.75, 3.05) is 26.2 Å². The lowest BCUT2D eigenvalue weighted by Gasteiger charge is -2.34. The Bertz CT molecular complexity index is 577. The molecule has 0 aliphatic carbocycles. The van der Waals surface area contributed by atoms with E-state index in [1.54, 1.807) is 24.0 Å². The second-order valence-corrected chi connectivity index (χ2v) is 6.27. The van der Waals surface area contributed by atoms with Crippen LogP contribution in [-0.4, -0.2) is 61.0 Å². The topological polar surface area (TPSA) is 96.1 Å². The second-order valence-electron chi connectivity index (χ2n) is 6.27. The van der Waals surface area contributed by atoms with Crippen LogP contribution in [0.3, 0.4) is 0 Å². The van der Waals surface area contributed by atoms with Gasteiger partial charge in [-0.25, -0.2) is 4.79 Å². The fourth-order valence-corrected chi connectivity index (χ4v) is 2.69. The minimum Gasteiger partial charge on any atom is -0.459 e. The zero-order valence-electron chi connectivity index (χ0n) is 14.3. The minimum atomic E-state index is -0.479. The smallest absolute Gasteiger partial charge is 0.321 e. The van der Waals surface area contributed by atoms with Crippen LogP contribution in [0.25, 0.3) is 0 Å². The summed E-state index contributed by atoms with van der Waals surface area (Å²) in [6, 6.07) is 2.46. The predicted octanol–water partition coefficient (Wildman–Crippen LogP) is -0.757. The van der Waals surface area contributed by atoms with Crippen molar-refractivity contribution in [3.63, 3.8) is 0 Å². The number of imide groups is 1. The molecule has 132 valence electrons. The molecule has 1 aliphatic rings. The zero-order valence-corrected chi connectivity index (χ0v) is 14.3. The van der Waals surface area contributed by atoms with Crippen molar-refractivity contribution in [1.82, 2.24) is 15.5 Å². The van der Waals surface area contributed by atoms with Crippen LogP contribution in [0, 0.1) is 0 Å². The molecule has 1 saturated heterocycles. The highest BCUT2D eigenvalue weighted by Crippen LogP contribution is 2.05. The highest BCUT2D eigenvalue weighted by Gasteiger charge is 2.32. The third-order valence-electron chi connectivity index (χ3n) is 4.09. The predicted molar refractivity (Wildman–Crippen MR) is 86.6 cm³/mol. The average Bonchev–Trinajstić information content (AvgIpc) is 3.07. The molecule has 24 heavy (non-hydrogen) atoms. The summed E-state index contributed by atoms with van der Waals surface area (Å²) in [6.45, 7) is 7.83. The van der Waals surface area contributed by atoms with Crippen molar-refractivity contribution >= 4 is 17.8 Å². The van der Waals surface area contributed by atoms with Gasteiger partial charge in [-0.15, -0.1) is 0 Å². The van der Waals surface area contributed by atoms with Crippen LogP contribution in [0.5, 0.6) is 0 Å². The minimum absolute atomic E-state index is 0.0309. The van der Waals surface area contributed by atoms with Gasteiger partial charge in [0, 0.05) is 6.04 Å². The van der Waals surface area contributed by atoms with E-state index in [-0.39, 0.29) is 23.9 Å². The molecule has 0 radical (unpaired) electrons. The van der Waals surface area contributed by atoms with Crippen LogP contribution in [0.1, 0.15) is 31.3 Å². The van der Waals surface area contributed by atoms with Crippen LogP contribution in [0.4, 0.5) is 4.79 Å². The van der Waals surface area contributed by atoms with Crippen molar-refractivity contribution < 1.29 is 23.7 Å². The fraction of sp³-hybridized carbons (Fsp3) is 0.562. The quantitative estimate of drug-likeness (QED) is 0.673. The lowest BCUT2D eigenvalue weighted by atomic mass is 10.2. The average molecular weight is 337 g/mol. The van der Waals surface area contributed by atoms with E-state index in [0.29, 0.717) is 31.9 Å². The van der Waals surface area contributed by atoms with Crippen LogP contribution < -0.4 is 15.5 Å². The normalized spacial score (nSPS) is 16.8. The largest absolute Gasteiger partial charge is 0.459 e. The molecule has 0 unspecified atom stereocenters. The molecule has 8 nitrogen and oxygen atoms in total. The molecule has 2 heterocycles. The van der Waals surface area contributed by atoms with E-state index in [1.165, 1.54) is 6.26 Å². The van der Waals surface area contributed by atoms with Gasteiger partial charge in [0.1, 0.15) is 0 Å². The number of quaternary nitrogens is 1. The molecule has 0 spiro atoms. The molecule has 1 aromatic rings. The standard InChI is InChI=1S/C16H24N4O4/c1-11(2)17-16(23)18-14(21)12(3)19-6-8-20(9-7-19)15(22)13-5-4-10-24-13/h4-5,10-12H,6-9H2,1-3H3,(H2,17,18,21,23)/p+1/t12-/m1/s1. The van der Waals surface area contributed by atoms with Crippen molar-refractivity contribution in [3.05, 3.63) is 24.2 Å². The molecule has 1 aliphatic heterocycles. The Morgan fingerprint density at radius 2 is 1.88 bits per heavy atom. The molecule has 0 bridgehead atoms. The van der Waals surface area contributed by atoms with Gasteiger partial charge in [0.15, 0.2) is 11.8 Å². The Morgan fingerprint density at radius 1 is 1.21 bits per heavy atom. The summed E-state index contributed by atoms with van der Waals surface area (Å²) in [5.41, 5.74) is 0. The van der Waals surface area contributed by atoms with Crippen LogP contribution >= 0.6 is 0 Å². The molecular formula is C16H25N4O4+. The fourth-order valence-electron chi connectivity index (χ4n) is 2.69. The Morgan fingerprint density at radius 3 is 2.42 bits per heavy atom. The van der Waals surface area contributed by atoms with Crippen molar-refractivity contribution in [2.45, 2.75) is 32.9 Å². The van der Waals surface area contributed by atoms with Gasteiger partial charge in [0.2, 0.25) is 0 Å². The van der Waals surface area contributed by atoms with Gasteiger partial charge < -0.3 is 19.5 Å². The number of hydrogen-bond acceptors (Lipinski definition) is 4. The monoisotopic (exact) mass is 337 g/mol. The van der Waals surface area contributed by atoms with Gasteiger partial charge in [-0.2, -0.15) is 0 Å². The molecule has 1 fully saturated rings. The third-order valence-corrected chi connectivity index (χ3v) is 4.09. The van der Waals surface area contributed by atoms with Crippen molar-refractivity contribution in [1.29, 1.82) is 0 Å². The summed E-state index contributed by atoms with van der Waals surface area (Å²) in [5.74, 6) is -0.115. The van der Waals surface area contributed by atoms with Gasteiger partial charge in [-0.3, -0.25) is 14.9 Å². The maximum atomic E-state index is 12.2.